The highest BCUT2D eigenvalue weighted by molar-refractivity contribution is 6.29. The SMILES string of the molecule is COC(=O)c1c(C(F)F)[nH]c(Cl)cc1=O. The van der Waals surface area contributed by atoms with Gasteiger partial charge in [0.1, 0.15) is 16.4 Å². The number of hydrogen-bond acceptors (Lipinski definition) is 3. The molecule has 1 N–H and O–H groups in total. The third-order valence-electron chi connectivity index (χ3n) is 1.64. The maximum atomic E-state index is 12.4. The number of hydrogen-bond donors (Lipinski definition) is 1. The fourth-order valence-corrected chi connectivity index (χ4v) is 1.22. The van der Waals surface area contributed by atoms with E-state index in [1.165, 1.54) is 0 Å². The fourth-order valence-electron chi connectivity index (χ4n) is 1.02. The van der Waals surface area contributed by atoms with Gasteiger partial charge in [-0.1, -0.05) is 11.6 Å². The van der Waals surface area contributed by atoms with Crippen molar-refractivity contribution < 1.29 is 18.3 Å². The Labute approximate surface area is 87.8 Å². The van der Waals surface area contributed by atoms with Gasteiger partial charge in [-0.25, -0.2) is 13.6 Å². The summed E-state index contributed by atoms with van der Waals surface area (Å²) in [5.41, 5.74) is -2.46. The summed E-state index contributed by atoms with van der Waals surface area (Å²) in [6.45, 7) is 0. The number of alkyl halides is 2. The third kappa shape index (κ3) is 2.33. The Morgan fingerprint density at radius 2 is 2.20 bits per heavy atom. The summed E-state index contributed by atoms with van der Waals surface area (Å²) in [6, 6.07) is 0.833. The number of methoxy groups -OCH3 is 1. The highest BCUT2D eigenvalue weighted by Gasteiger charge is 2.23. The Kier molecular flexibility index (Phi) is 3.41. The van der Waals surface area contributed by atoms with E-state index < -0.39 is 29.1 Å². The van der Waals surface area contributed by atoms with Gasteiger partial charge < -0.3 is 9.72 Å². The molecule has 0 aliphatic heterocycles. The normalized spacial score (nSPS) is 10.5. The first-order valence-electron chi connectivity index (χ1n) is 3.76. The molecule has 82 valence electrons. The van der Waals surface area contributed by atoms with E-state index in [0.29, 0.717) is 0 Å². The van der Waals surface area contributed by atoms with Crippen LogP contribution in [0.4, 0.5) is 8.78 Å². The molecule has 1 aromatic heterocycles. The summed E-state index contributed by atoms with van der Waals surface area (Å²) in [5, 5.41) is -0.261. The van der Waals surface area contributed by atoms with Crippen molar-refractivity contribution in [2.45, 2.75) is 6.43 Å². The number of pyridine rings is 1. The Hall–Kier alpha value is -1.43. The first-order chi connectivity index (χ1) is 6.97. The van der Waals surface area contributed by atoms with Gasteiger partial charge in [-0.2, -0.15) is 0 Å². The van der Waals surface area contributed by atoms with Crippen LogP contribution in [-0.2, 0) is 4.74 Å². The average Bonchev–Trinajstić information content (AvgIpc) is 2.15. The number of esters is 1. The van der Waals surface area contributed by atoms with Crippen molar-refractivity contribution in [3.8, 4) is 0 Å². The van der Waals surface area contributed by atoms with E-state index in [0.717, 1.165) is 13.2 Å². The molecule has 1 heterocycles. The Morgan fingerprint density at radius 3 is 2.67 bits per heavy atom. The molecule has 0 bridgehead atoms. The van der Waals surface area contributed by atoms with Gasteiger partial charge in [-0.15, -0.1) is 0 Å². The molecule has 0 amide bonds. The molecule has 0 unspecified atom stereocenters. The number of ether oxygens (including phenoxy) is 1. The number of carbonyl (C=O) groups excluding carboxylic acids is 1. The van der Waals surface area contributed by atoms with E-state index in [1.807, 2.05) is 4.98 Å². The molecule has 0 aromatic carbocycles. The topological polar surface area (TPSA) is 59.2 Å². The minimum absolute atomic E-state index is 0.261. The first kappa shape index (κ1) is 11.6. The first-order valence-corrected chi connectivity index (χ1v) is 4.14. The molecule has 0 fully saturated rings. The molecule has 4 nitrogen and oxygen atoms in total. The van der Waals surface area contributed by atoms with Crippen molar-refractivity contribution >= 4 is 17.6 Å². The van der Waals surface area contributed by atoms with Crippen LogP contribution in [0.15, 0.2) is 10.9 Å². The average molecular weight is 238 g/mol. The maximum absolute atomic E-state index is 12.4. The van der Waals surface area contributed by atoms with Gasteiger partial charge >= 0.3 is 5.97 Å². The van der Waals surface area contributed by atoms with E-state index in [1.54, 1.807) is 0 Å². The van der Waals surface area contributed by atoms with Gasteiger partial charge in [0.05, 0.1) is 7.11 Å². The molecule has 15 heavy (non-hydrogen) atoms. The zero-order valence-corrected chi connectivity index (χ0v) is 8.27. The highest BCUT2D eigenvalue weighted by atomic mass is 35.5. The van der Waals surface area contributed by atoms with Crippen LogP contribution in [0.25, 0.3) is 0 Å². The van der Waals surface area contributed by atoms with Crippen LogP contribution in [0.3, 0.4) is 0 Å². The van der Waals surface area contributed by atoms with Crippen molar-refractivity contribution in [1.29, 1.82) is 0 Å². The summed E-state index contributed by atoms with van der Waals surface area (Å²) in [6.07, 6.45) is -3.01. The highest BCUT2D eigenvalue weighted by Crippen LogP contribution is 2.20. The molecular weight excluding hydrogens is 232 g/mol. The van der Waals surface area contributed by atoms with Crippen molar-refractivity contribution in [1.82, 2.24) is 4.98 Å². The minimum Gasteiger partial charge on any atom is -0.465 e. The lowest BCUT2D eigenvalue weighted by Gasteiger charge is -2.06. The second-order valence-electron chi connectivity index (χ2n) is 2.56. The predicted octanol–water partition coefficient (Wildman–Crippen LogP) is 1.75. The molecule has 0 saturated carbocycles. The van der Waals surface area contributed by atoms with Crippen LogP contribution in [0, 0.1) is 0 Å². The van der Waals surface area contributed by atoms with Crippen LogP contribution in [0.5, 0.6) is 0 Å². The van der Waals surface area contributed by atoms with Gasteiger partial charge in [0.2, 0.25) is 0 Å². The monoisotopic (exact) mass is 237 g/mol. The van der Waals surface area contributed by atoms with Crippen LogP contribution in [-0.4, -0.2) is 18.1 Å². The third-order valence-corrected chi connectivity index (χ3v) is 1.84. The van der Waals surface area contributed by atoms with E-state index in [2.05, 4.69) is 4.74 Å². The molecular formula is C8H6ClF2NO3. The van der Waals surface area contributed by atoms with Crippen molar-refractivity contribution in [2.24, 2.45) is 0 Å². The molecule has 0 radical (unpaired) electrons. The maximum Gasteiger partial charge on any atom is 0.343 e. The molecule has 0 atom stereocenters. The lowest BCUT2D eigenvalue weighted by atomic mass is 10.2. The van der Waals surface area contributed by atoms with E-state index in [9.17, 15) is 18.4 Å². The van der Waals surface area contributed by atoms with Crippen molar-refractivity contribution in [2.75, 3.05) is 7.11 Å². The largest absolute Gasteiger partial charge is 0.465 e. The quantitative estimate of drug-likeness (QED) is 0.630. The van der Waals surface area contributed by atoms with E-state index in [-0.39, 0.29) is 5.15 Å². The van der Waals surface area contributed by atoms with Gasteiger partial charge in [0.15, 0.2) is 5.43 Å². The Morgan fingerprint density at radius 1 is 1.60 bits per heavy atom. The zero-order valence-electron chi connectivity index (χ0n) is 7.51. The van der Waals surface area contributed by atoms with Crippen molar-refractivity contribution in [3.63, 3.8) is 0 Å². The minimum atomic E-state index is -3.01. The summed E-state index contributed by atoms with van der Waals surface area (Å²) < 4.78 is 29.1. The molecule has 0 spiro atoms. The molecule has 0 aliphatic carbocycles. The fraction of sp³-hybridized carbons (Fsp3) is 0.250. The molecule has 7 heteroatoms. The second kappa shape index (κ2) is 4.39. The van der Waals surface area contributed by atoms with Crippen LogP contribution in [0.2, 0.25) is 5.15 Å². The Balaban J connectivity index is 3.47. The van der Waals surface area contributed by atoms with Crippen molar-refractivity contribution in [3.05, 3.63) is 32.7 Å². The zero-order chi connectivity index (χ0) is 11.6. The van der Waals surface area contributed by atoms with Gasteiger partial charge in [0, 0.05) is 6.07 Å². The predicted molar refractivity (Wildman–Crippen MR) is 48.4 cm³/mol. The van der Waals surface area contributed by atoms with Crippen LogP contribution >= 0.6 is 11.6 Å². The summed E-state index contributed by atoms with van der Waals surface area (Å²) in [5.74, 6) is -1.12. The molecule has 0 saturated heterocycles. The second-order valence-corrected chi connectivity index (χ2v) is 2.97. The summed E-state index contributed by atoms with van der Waals surface area (Å²) in [4.78, 5) is 24.3. The standard InChI is InChI=1S/C8H6ClF2NO3/c1-15-8(14)5-3(13)2-4(9)12-6(5)7(10)11/h2,7H,1H3,(H,12,13). The van der Waals surface area contributed by atoms with Crippen LogP contribution < -0.4 is 5.43 Å². The smallest absolute Gasteiger partial charge is 0.343 e. The lowest BCUT2D eigenvalue weighted by Crippen LogP contribution is -2.20. The van der Waals surface area contributed by atoms with Gasteiger partial charge in [0.25, 0.3) is 6.43 Å². The number of aromatic nitrogens is 1. The number of carbonyl (C=O) groups is 1. The van der Waals surface area contributed by atoms with E-state index >= 15 is 0 Å². The van der Waals surface area contributed by atoms with Crippen LogP contribution in [0.1, 0.15) is 22.5 Å². The summed E-state index contributed by atoms with van der Waals surface area (Å²) in [7, 11) is 0.992. The number of H-pyrrole nitrogens is 1. The van der Waals surface area contributed by atoms with Gasteiger partial charge in [-0.05, 0) is 0 Å². The molecule has 1 aromatic rings. The molecule has 1 rings (SSSR count). The Bertz CT molecular complexity index is 444. The number of halogens is 3. The number of aromatic amines is 1. The summed E-state index contributed by atoms with van der Waals surface area (Å²) >= 11 is 5.37. The number of nitrogens with one attached hydrogen (secondary N) is 1. The van der Waals surface area contributed by atoms with E-state index in [4.69, 9.17) is 11.6 Å². The number of rotatable bonds is 2. The van der Waals surface area contributed by atoms with Gasteiger partial charge in [-0.3, -0.25) is 4.79 Å². The molecule has 0 aliphatic rings. The lowest BCUT2D eigenvalue weighted by molar-refractivity contribution is 0.0585.